The van der Waals surface area contributed by atoms with Gasteiger partial charge < -0.3 is 10.0 Å². The van der Waals surface area contributed by atoms with Crippen molar-refractivity contribution in [1.29, 1.82) is 0 Å². The Morgan fingerprint density at radius 1 is 1.29 bits per heavy atom. The highest BCUT2D eigenvalue weighted by molar-refractivity contribution is 5.83. The first kappa shape index (κ1) is 15.4. The maximum Gasteiger partial charge on any atom is 0.323 e. The Hall–Kier alpha value is -1.58. The van der Waals surface area contributed by atoms with Crippen LogP contribution in [0.5, 0.6) is 0 Å². The standard InChI is InChI=1S/C13H21NO3/c1-4-7-11(8-5-2)9-12(15)14(6-3)10-13(16)17/h4,7-8H,5-6,9-10H2,1-3H3,(H,16,17)/b7-4-,11-8+. The molecule has 0 unspecified atom stereocenters. The molecule has 1 N–H and O–H groups in total. The maximum absolute atomic E-state index is 11.9. The van der Waals surface area contributed by atoms with Crippen molar-refractivity contribution in [2.24, 2.45) is 0 Å². The second-order valence-corrected chi connectivity index (χ2v) is 3.67. The quantitative estimate of drug-likeness (QED) is 0.693. The van der Waals surface area contributed by atoms with Crippen LogP contribution in [0.4, 0.5) is 0 Å². The number of carboxylic acid groups (broad SMARTS) is 1. The Morgan fingerprint density at radius 3 is 2.35 bits per heavy atom. The molecule has 0 saturated carbocycles. The number of hydrogen-bond acceptors (Lipinski definition) is 2. The first-order valence-electron chi connectivity index (χ1n) is 5.86. The largest absolute Gasteiger partial charge is 0.480 e. The molecule has 1 amide bonds. The smallest absolute Gasteiger partial charge is 0.323 e. The third-order valence-electron chi connectivity index (χ3n) is 2.26. The summed E-state index contributed by atoms with van der Waals surface area (Å²) in [6.45, 7) is 5.86. The van der Waals surface area contributed by atoms with Crippen LogP contribution in [0.3, 0.4) is 0 Å². The van der Waals surface area contributed by atoms with Gasteiger partial charge in [-0.3, -0.25) is 9.59 Å². The Bertz CT molecular complexity index is 319. The van der Waals surface area contributed by atoms with Crippen molar-refractivity contribution in [2.45, 2.75) is 33.6 Å². The van der Waals surface area contributed by atoms with Gasteiger partial charge in [-0.25, -0.2) is 0 Å². The number of aliphatic carboxylic acids is 1. The third kappa shape index (κ3) is 6.56. The van der Waals surface area contributed by atoms with Gasteiger partial charge in [-0.05, 0) is 25.8 Å². The van der Waals surface area contributed by atoms with Crippen LogP contribution in [0.1, 0.15) is 33.6 Å². The molecule has 17 heavy (non-hydrogen) atoms. The fourth-order valence-electron chi connectivity index (χ4n) is 1.50. The van der Waals surface area contributed by atoms with Crippen molar-refractivity contribution in [1.82, 2.24) is 4.90 Å². The van der Waals surface area contributed by atoms with Crippen LogP contribution in [0, 0.1) is 0 Å². The zero-order valence-corrected chi connectivity index (χ0v) is 10.8. The Morgan fingerprint density at radius 2 is 1.94 bits per heavy atom. The summed E-state index contributed by atoms with van der Waals surface area (Å²) in [5.41, 5.74) is 0.934. The average Bonchev–Trinajstić information content (AvgIpc) is 2.26. The number of nitrogens with zero attached hydrogens (tertiary/aromatic N) is 1. The minimum absolute atomic E-state index is 0.146. The molecule has 0 aromatic heterocycles. The molecular formula is C13H21NO3. The lowest BCUT2D eigenvalue weighted by molar-refractivity contribution is -0.144. The minimum atomic E-state index is -0.979. The lowest BCUT2D eigenvalue weighted by atomic mass is 10.1. The van der Waals surface area contributed by atoms with E-state index >= 15 is 0 Å². The number of carboxylic acids is 1. The Balaban J connectivity index is 4.57. The summed E-state index contributed by atoms with van der Waals surface area (Å²) >= 11 is 0. The van der Waals surface area contributed by atoms with Crippen molar-refractivity contribution >= 4 is 11.9 Å². The van der Waals surface area contributed by atoms with Gasteiger partial charge in [0.05, 0.1) is 6.42 Å². The molecule has 0 radical (unpaired) electrons. The van der Waals surface area contributed by atoms with E-state index in [1.165, 1.54) is 4.90 Å². The molecule has 4 heteroatoms. The third-order valence-corrected chi connectivity index (χ3v) is 2.26. The number of likely N-dealkylation sites (N-methyl/N-ethyl adjacent to an activating group) is 1. The van der Waals surface area contributed by atoms with Crippen molar-refractivity contribution in [3.63, 3.8) is 0 Å². The zero-order chi connectivity index (χ0) is 13.3. The molecule has 96 valence electrons. The average molecular weight is 239 g/mol. The number of rotatable bonds is 7. The van der Waals surface area contributed by atoms with Crippen molar-refractivity contribution in [3.05, 3.63) is 23.8 Å². The van der Waals surface area contributed by atoms with Crippen LogP contribution in [-0.4, -0.2) is 35.0 Å². The summed E-state index contributed by atoms with van der Waals surface area (Å²) in [4.78, 5) is 23.8. The lowest BCUT2D eigenvalue weighted by Crippen LogP contribution is -2.35. The van der Waals surface area contributed by atoms with Gasteiger partial charge in [0, 0.05) is 6.54 Å². The number of hydrogen-bond donors (Lipinski definition) is 1. The number of carbonyl (C=O) groups excluding carboxylic acids is 1. The summed E-state index contributed by atoms with van der Waals surface area (Å²) in [6, 6.07) is 0. The molecule has 0 aromatic carbocycles. The monoisotopic (exact) mass is 239 g/mol. The van der Waals surface area contributed by atoms with E-state index in [1.807, 2.05) is 32.1 Å². The summed E-state index contributed by atoms with van der Waals surface area (Å²) < 4.78 is 0. The molecule has 0 heterocycles. The van der Waals surface area contributed by atoms with Gasteiger partial charge in [-0.2, -0.15) is 0 Å². The van der Waals surface area contributed by atoms with Gasteiger partial charge in [0.2, 0.25) is 5.91 Å². The highest BCUT2D eigenvalue weighted by Crippen LogP contribution is 2.08. The minimum Gasteiger partial charge on any atom is -0.480 e. The van der Waals surface area contributed by atoms with Crippen LogP contribution in [0.2, 0.25) is 0 Å². The summed E-state index contributed by atoms with van der Waals surface area (Å²) in [5, 5.41) is 8.68. The molecule has 0 saturated heterocycles. The normalized spacial score (nSPS) is 11.8. The van der Waals surface area contributed by atoms with Gasteiger partial charge in [-0.1, -0.05) is 25.2 Å². The van der Waals surface area contributed by atoms with E-state index in [0.29, 0.717) is 6.54 Å². The SMILES string of the molecule is C/C=C\C(=C/CC)CC(=O)N(CC)CC(=O)O. The molecular weight excluding hydrogens is 218 g/mol. The van der Waals surface area contributed by atoms with E-state index in [-0.39, 0.29) is 18.9 Å². The van der Waals surface area contributed by atoms with Crippen LogP contribution in [0.15, 0.2) is 23.8 Å². The van der Waals surface area contributed by atoms with E-state index in [1.54, 1.807) is 6.92 Å². The lowest BCUT2D eigenvalue weighted by Gasteiger charge is -2.18. The van der Waals surface area contributed by atoms with E-state index in [2.05, 4.69) is 0 Å². The second-order valence-electron chi connectivity index (χ2n) is 3.67. The molecule has 0 aliphatic rings. The van der Waals surface area contributed by atoms with Crippen LogP contribution in [-0.2, 0) is 9.59 Å². The first-order chi connectivity index (χ1) is 8.04. The first-order valence-corrected chi connectivity index (χ1v) is 5.86. The molecule has 0 aromatic rings. The topological polar surface area (TPSA) is 57.6 Å². The second kappa shape index (κ2) is 8.56. The van der Waals surface area contributed by atoms with Gasteiger partial charge >= 0.3 is 5.97 Å². The predicted molar refractivity (Wildman–Crippen MR) is 67.7 cm³/mol. The molecule has 4 nitrogen and oxygen atoms in total. The van der Waals surface area contributed by atoms with Crippen molar-refractivity contribution in [2.75, 3.05) is 13.1 Å². The Labute approximate surface area is 103 Å². The number of carbonyl (C=O) groups is 2. The Kier molecular flexibility index (Phi) is 7.76. The number of amides is 1. The van der Waals surface area contributed by atoms with Gasteiger partial charge in [0.1, 0.15) is 6.54 Å². The van der Waals surface area contributed by atoms with Gasteiger partial charge in [0.15, 0.2) is 0 Å². The number of allylic oxidation sites excluding steroid dienone is 3. The van der Waals surface area contributed by atoms with Gasteiger partial charge in [-0.15, -0.1) is 0 Å². The summed E-state index contributed by atoms with van der Waals surface area (Å²) in [7, 11) is 0. The van der Waals surface area contributed by atoms with Crippen LogP contribution >= 0.6 is 0 Å². The maximum atomic E-state index is 11.9. The fourth-order valence-corrected chi connectivity index (χ4v) is 1.50. The van der Waals surface area contributed by atoms with Crippen LogP contribution in [0.25, 0.3) is 0 Å². The van der Waals surface area contributed by atoms with Crippen molar-refractivity contribution in [3.8, 4) is 0 Å². The predicted octanol–water partition coefficient (Wildman–Crippen LogP) is 2.22. The van der Waals surface area contributed by atoms with E-state index < -0.39 is 5.97 Å². The van der Waals surface area contributed by atoms with Crippen LogP contribution < -0.4 is 0 Å². The summed E-state index contributed by atoms with van der Waals surface area (Å²) in [6.07, 6.45) is 6.86. The van der Waals surface area contributed by atoms with Gasteiger partial charge in [0.25, 0.3) is 0 Å². The fraction of sp³-hybridized carbons (Fsp3) is 0.538. The molecule has 0 aliphatic heterocycles. The molecule has 0 rings (SSSR count). The van der Waals surface area contributed by atoms with Crippen molar-refractivity contribution < 1.29 is 14.7 Å². The molecule has 0 spiro atoms. The van der Waals surface area contributed by atoms with E-state index in [0.717, 1.165) is 12.0 Å². The molecule has 0 atom stereocenters. The molecule has 0 fully saturated rings. The highest BCUT2D eigenvalue weighted by Gasteiger charge is 2.15. The highest BCUT2D eigenvalue weighted by atomic mass is 16.4. The zero-order valence-electron chi connectivity index (χ0n) is 10.8. The molecule has 0 bridgehead atoms. The summed E-state index contributed by atoms with van der Waals surface area (Å²) in [5.74, 6) is -1.13. The van der Waals surface area contributed by atoms with E-state index in [9.17, 15) is 9.59 Å². The molecule has 0 aliphatic carbocycles. The van der Waals surface area contributed by atoms with E-state index in [4.69, 9.17) is 5.11 Å².